The van der Waals surface area contributed by atoms with Gasteiger partial charge in [0.25, 0.3) is 5.91 Å². The van der Waals surface area contributed by atoms with E-state index in [9.17, 15) is 4.79 Å². The van der Waals surface area contributed by atoms with Crippen molar-refractivity contribution in [2.45, 2.75) is 51.6 Å². The molecule has 1 unspecified atom stereocenters. The number of benzene rings is 2. The molecule has 2 aliphatic heterocycles. The lowest BCUT2D eigenvalue weighted by molar-refractivity contribution is 0.0674. The minimum Gasteiger partial charge on any atom is -0.489 e. The fourth-order valence-electron chi connectivity index (χ4n) is 4.67. The SMILES string of the molecule is CCN(CC)CCSCc1ccc(COc2cccc3c2CN(C2CCCNC2)C3=O)cc1. The summed E-state index contributed by atoms with van der Waals surface area (Å²) in [5.41, 5.74) is 4.35. The molecule has 1 atom stereocenters. The molecule has 0 saturated carbocycles. The number of nitrogens with zero attached hydrogens (tertiary/aromatic N) is 2. The van der Waals surface area contributed by atoms with Crippen LogP contribution in [0.25, 0.3) is 0 Å². The Morgan fingerprint density at radius 1 is 1.12 bits per heavy atom. The lowest BCUT2D eigenvalue weighted by Crippen LogP contribution is -2.46. The summed E-state index contributed by atoms with van der Waals surface area (Å²) in [6.45, 7) is 11.0. The van der Waals surface area contributed by atoms with Crippen LogP contribution in [-0.4, -0.2) is 60.2 Å². The number of hydrogen-bond donors (Lipinski definition) is 1. The van der Waals surface area contributed by atoms with E-state index in [1.54, 1.807) is 0 Å². The third-order valence-electron chi connectivity index (χ3n) is 6.80. The normalized spacial score (nSPS) is 18.1. The van der Waals surface area contributed by atoms with E-state index in [0.29, 0.717) is 13.2 Å². The topological polar surface area (TPSA) is 44.8 Å². The molecule has 2 heterocycles. The van der Waals surface area contributed by atoms with Crippen LogP contribution in [0, 0.1) is 0 Å². The number of fused-ring (bicyclic) bond motifs is 1. The summed E-state index contributed by atoms with van der Waals surface area (Å²) in [5, 5.41) is 3.42. The Labute approximate surface area is 202 Å². The molecule has 33 heavy (non-hydrogen) atoms. The molecule has 1 amide bonds. The lowest BCUT2D eigenvalue weighted by atomic mass is 10.1. The van der Waals surface area contributed by atoms with Gasteiger partial charge in [-0.1, -0.05) is 44.2 Å². The van der Waals surface area contributed by atoms with Crippen molar-refractivity contribution < 1.29 is 9.53 Å². The average molecular weight is 468 g/mol. The van der Waals surface area contributed by atoms with Crippen molar-refractivity contribution in [3.8, 4) is 5.75 Å². The highest BCUT2D eigenvalue weighted by molar-refractivity contribution is 7.98. The molecule has 0 aromatic heterocycles. The summed E-state index contributed by atoms with van der Waals surface area (Å²) < 4.78 is 6.20. The first-order valence-corrected chi connectivity index (χ1v) is 13.5. The zero-order valence-electron chi connectivity index (χ0n) is 20.0. The van der Waals surface area contributed by atoms with Gasteiger partial charge in [0.15, 0.2) is 0 Å². The summed E-state index contributed by atoms with van der Waals surface area (Å²) >= 11 is 1.99. The van der Waals surface area contributed by atoms with Crippen molar-refractivity contribution in [2.24, 2.45) is 0 Å². The quantitative estimate of drug-likeness (QED) is 0.491. The Morgan fingerprint density at radius 2 is 1.91 bits per heavy atom. The van der Waals surface area contributed by atoms with Crippen LogP contribution in [0.15, 0.2) is 42.5 Å². The van der Waals surface area contributed by atoms with Crippen molar-refractivity contribution >= 4 is 17.7 Å². The molecule has 0 radical (unpaired) electrons. The average Bonchev–Trinajstić information content (AvgIpc) is 3.21. The van der Waals surface area contributed by atoms with E-state index >= 15 is 0 Å². The number of carbonyl (C=O) groups excluding carboxylic acids is 1. The molecule has 2 aliphatic rings. The number of piperidine rings is 1. The highest BCUT2D eigenvalue weighted by atomic mass is 32.2. The summed E-state index contributed by atoms with van der Waals surface area (Å²) in [6.07, 6.45) is 2.20. The van der Waals surface area contributed by atoms with Gasteiger partial charge in [-0.05, 0) is 55.7 Å². The van der Waals surface area contributed by atoms with Gasteiger partial charge in [0.05, 0.1) is 6.54 Å². The first kappa shape index (κ1) is 24.1. The van der Waals surface area contributed by atoms with Crippen LogP contribution >= 0.6 is 11.8 Å². The standard InChI is InChI=1S/C27H37N3O2S/c1-3-29(4-2)15-16-33-20-22-12-10-21(11-13-22)19-32-26-9-5-8-24-25(26)18-30(27(24)31)23-7-6-14-28-17-23/h5,8-13,23,28H,3-4,6-7,14-20H2,1-2H3. The lowest BCUT2D eigenvalue weighted by Gasteiger charge is -2.31. The monoisotopic (exact) mass is 467 g/mol. The number of carbonyl (C=O) groups is 1. The molecular weight excluding hydrogens is 430 g/mol. The van der Waals surface area contributed by atoms with Crippen LogP contribution < -0.4 is 10.1 Å². The second-order valence-corrected chi connectivity index (χ2v) is 10.0. The molecule has 1 fully saturated rings. The van der Waals surface area contributed by atoms with Crippen molar-refractivity contribution in [3.63, 3.8) is 0 Å². The minimum atomic E-state index is 0.145. The molecule has 6 heteroatoms. The van der Waals surface area contributed by atoms with Crippen LogP contribution in [0.4, 0.5) is 0 Å². The summed E-state index contributed by atoms with van der Waals surface area (Å²) in [4.78, 5) is 17.5. The second kappa shape index (κ2) is 11.9. The van der Waals surface area contributed by atoms with Gasteiger partial charge in [-0.15, -0.1) is 0 Å². The van der Waals surface area contributed by atoms with Crippen molar-refractivity contribution in [3.05, 3.63) is 64.7 Å². The molecule has 0 aliphatic carbocycles. The Balaban J connectivity index is 1.29. The van der Waals surface area contributed by atoms with Gasteiger partial charge in [-0.25, -0.2) is 0 Å². The third kappa shape index (κ3) is 6.11. The zero-order chi connectivity index (χ0) is 23.0. The Hall–Kier alpha value is -2.02. The summed E-state index contributed by atoms with van der Waals surface area (Å²) in [7, 11) is 0. The molecule has 4 rings (SSSR count). The van der Waals surface area contributed by atoms with Gasteiger partial charge in [0.2, 0.25) is 0 Å². The first-order chi connectivity index (χ1) is 16.2. The van der Waals surface area contributed by atoms with Gasteiger partial charge in [-0.3, -0.25) is 4.79 Å². The Kier molecular flexibility index (Phi) is 8.70. The van der Waals surface area contributed by atoms with Crippen molar-refractivity contribution in [1.29, 1.82) is 0 Å². The molecular formula is C27H37N3O2S. The molecule has 0 spiro atoms. The van der Waals surface area contributed by atoms with E-state index in [-0.39, 0.29) is 11.9 Å². The fraction of sp³-hybridized carbons (Fsp3) is 0.519. The Morgan fingerprint density at radius 3 is 2.64 bits per heavy atom. The number of hydrogen-bond acceptors (Lipinski definition) is 5. The number of ether oxygens (including phenoxy) is 1. The summed E-state index contributed by atoms with van der Waals surface area (Å²) in [6, 6.07) is 14.9. The van der Waals surface area contributed by atoms with Crippen molar-refractivity contribution in [2.75, 3.05) is 38.5 Å². The predicted molar refractivity (Wildman–Crippen MR) is 137 cm³/mol. The van der Waals surface area contributed by atoms with Crippen LogP contribution in [0.5, 0.6) is 5.75 Å². The van der Waals surface area contributed by atoms with E-state index in [1.165, 1.54) is 5.56 Å². The molecule has 2 aromatic rings. The van der Waals surface area contributed by atoms with Crippen LogP contribution in [0.3, 0.4) is 0 Å². The molecule has 1 N–H and O–H groups in total. The number of rotatable bonds is 11. The third-order valence-corrected chi connectivity index (χ3v) is 7.81. The maximum absolute atomic E-state index is 13.0. The van der Waals surface area contributed by atoms with E-state index in [1.807, 2.05) is 34.9 Å². The zero-order valence-corrected chi connectivity index (χ0v) is 20.8. The van der Waals surface area contributed by atoms with Gasteiger partial charge in [-0.2, -0.15) is 11.8 Å². The first-order valence-electron chi connectivity index (χ1n) is 12.3. The second-order valence-electron chi connectivity index (χ2n) is 8.90. The van der Waals surface area contributed by atoms with Crippen LogP contribution in [0.1, 0.15) is 53.7 Å². The van der Waals surface area contributed by atoms with Crippen LogP contribution in [-0.2, 0) is 18.9 Å². The van der Waals surface area contributed by atoms with E-state index in [2.05, 4.69) is 48.3 Å². The molecule has 1 saturated heterocycles. The van der Waals surface area contributed by atoms with E-state index in [0.717, 1.165) is 79.5 Å². The van der Waals surface area contributed by atoms with E-state index in [4.69, 9.17) is 4.74 Å². The smallest absolute Gasteiger partial charge is 0.254 e. The maximum atomic E-state index is 13.0. The minimum absolute atomic E-state index is 0.145. The molecule has 5 nitrogen and oxygen atoms in total. The molecule has 2 aromatic carbocycles. The van der Waals surface area contributed by atoms with Gasteiger partial charge < -0.3 is 19.9 Å². The Bertz CT molecular complexity index is 908. The molecule has 0 bridgehead atoms. The fourth-order valence-corrected chi connectivity index (χ4v) is 5.63. The number of nitrogens with one attached hydrogen (secondary N) is 1. The predicted octanol–water partition coefficient (Wildman–Crippen LogP) is 4.55. The largest absolute Gasteiger partial charge is 0.489 e. The van der Waals surface area contributed by atoms with E-state index < -0.39 is 0 Å². The highest BCUT2D eigenvalue weighted by Gasteiger charge is 2.35. The highest BCUT2D eigenvalue weighted by Crippen LogP contribution is 2.33. The molecule has 178 valence electrons. The number of amides is 1. The van der Waals surface area contributed by atoms with Crippen LogP contribution in [0.2, 0.25) is 0 Å². The van der Waals surface area contributed by atoms with Crippen molar-refractivity contribution in [1.82, 2.24) is 15.1 Å². The van der Waals surface area contributed by atoms with Gasteiger partial charge in [0.1, 0.15) is 12.4 Å². The van der Waals surface area contributed by atoms with Gasteiger partial charge in [0, 0.05) is 41.8 Å². The van der Waals surface area contributed by atoms with Gasteiger partial charge >= 0.3 is 0 Å². The number of thioether (sulfide) groups is 1. The maximum Gasteiger partial charge on any atom is 0.254 e. The summed E-state index contributed by atoms with van der Waals surface area (Å²) in [5.74, 6) is 3.19.